The summed E-state index contributed by atoms with van der Waals surface area (Å²) < 4.78 is 0. The Morgan fingerprint density at radius 2 is 2.19 bits per heavy atom. The van der Waals surface area contributed by atoms with E-state index < -0.39 is 0 Å². The van der Waals surface area contributed by atoms with Gasteiger partial charge < -0.3 is 10.6 Å². The summed E-state index contributed by atoms with van der Waals surface area (Å²) in [4.78, 5) is 16.2. The van der Waals surface area contributed by atoms with Crippen LogP contribution in [0.25, 0.3) is 0 Å². The summed E-state index contributed by atoms with van der Waals surface area (Å²) in [6.45, 7) is 3.70. The lowest BCUT2D eigenvalue weighted by Crippen LogP contribution is -2.25. The predicted molar refractivity (Wildman–Crippen MR) is 86.5 cm³/mol. The Labute approximate surface area is 127 Å². The number of amides is 1. The van der Waals surface area contributed by atoms with Crippen molar-refractivity contribution in [1.29, 1.82) is 0 Å². The van der Waals surface area contributed by atoms with E-state index in [1.807, 2.05) is 6.07 Å². The molecule has 0 aromatic carbocycles. The van der Waals surface area contributed by atoms with E-state index in [-0.39, 0.29) is 5.91 Å². The largest absolute Gasteiger partial charge is 0.384 e. The topological polar surface area (TPSA) is 54.0 Å². The third-order valence-corrected chi connectivity index (χ3v) is 3.70. The minimum atomic E-state index is -0.0425. The smallest absolute Gasteiger partial charge is 0.252 e. The van der Waals surface area contributed by atoms with Gasteiger partial charge in [-0.1, -0.05) is 18.6 Å². The van der Waals surface area contributed by atoms with Crippen LogP contribution in [0.1, 0.15) is 55.8 Å². The molecule has 1 aromatic heterocycles. The van der Waals surface area contributed by atoms with E-state index in [9.17, 15) is 4.79 Å². The molecule has 0 fully saturated rings. The number of anilines is 1. The molecular weight excluding hydrogens is 262 g/mol. The molecule has 0 saturated heterocycles. The van der Waals surface area contributed by atoms with Crippen molar-refractivity contribution in [2.75, 3.05) is 18.4 Å². The summed E-state index contributed by atoms with van der Waals surface area (Å²) in [7, 11) is 0. The third-order valence-electron chi connectivity index (χ3n) is 3.70. The second kappa shape index (κ2) is 8.45. The number of allylic oxidation sites excluding steroid dienone is 1. The lowest BCUT2D eigenvalue weighted by molar-refractivity contribution is 0.0953. The van der Waals surface area contributed by atoms with Crippen LogP contribution in [0.15, 0.2) is 30.1 Å². The first-order chi connectivity index (χ1) is 10.3. The van der Waals surface area contributed by atoms with Crippen LogP contribution in [-0.4, -0.2) is 24.0 Å². The van der Waals surface area contributed by atoms with Crippen molar-refractivity contribution in [2.45, 2.75) is 45.4 Å². The summed E-state index contributed by atoms with van der Waals surface area (Å²) in [5, 5.41) is 6.23. The highest BCUT2D eigenvalue weighted by Gasteiger charge is 2.08. The van der Waals surface area contributed by atoms with Gasteiger partial charge in [-0.2, -0.15) is 0 Å². The Morgan fingerprint density at radius 1 is 1.29 bits per heavy atom. The van der Waals surface area contributed by atoms with Crippen LogP contribution in [0.5, 0.6) is 0 Å². The first-order valence-corrected chi connectivity index (χ1v) is 7.94. The highest BCUT2D eigenvalue weighted by atomic mass is 16.1. The highest BCUT2D eigenvalue weighted by molar-refractivity contribution is 5.94. The maximum Gasteiger partial charge on any atom is 0.252 e. The molecule has 0 saturated carbocycles. The zero-order valence-electron chi connectivity index (χ0n) is 12.8. The number of aromatic nitrogens is 1. The Morgan fingerprint density at radius 3 is 2.95 bits per heavy atom. The minimum Gasteiger partial charge on any atom is -0.384 e. The molecule has 1 heterocycles. The van der Waals surface area contributed by atoms with Crippen molar-refractivity contribution in [1.82, 2.24) is 10.3 Å². The van der Waals surface area contributed by atoms with Crippen LogP contribution < -0.4 is 10.6 Å². The molecule has 1 aliphatic carbocycles. The maximum absolute atomic E-state index is 12.1. The van der Waals surface area contributed by atoms with Gasteiger partial charge in [-0.25, -0.2) is 0 Å². The molecule has 4 heteroatoms. The number of rotatable bonds is 7. The zero-order valence-corrected chi connectivity index (χ0v) is 12.8. The lowest BCUT2D eigenvalue weighted by Gasteiger charge is -2.13. The Balaban J connectivity index is 1.80. The fraction of sp³-hybridized carbons (Fsp3) is 0.529. The predicted octanol–water partition coefficient (Wildman–Crippen LogP) is 3.52. The molecule has 2 N–H and O–H groups in total. The third kappa shape index (κ3) is 5.21. The summed E-state index contributed by atoms with van der Waals surface area (Å²) in [5.41, 5.74) is 3.01. The Bertz CT molecular complexity index is 497. The Hall–Kier alpha value is -1.84. The molecule has 2 rings (SSSR count). The molecule has 0 spiro atoms. The van der Waals surface area contributed by atoms with Crippen molar-refractivity contribution < 1.29 is 4.79 Å². The van der Waals surface area contributed by atoms with Gasteiger partial charge >= 0.3 is 0 Å². The lowest BCUT2D eigenvalue weighted by atomic mass is 9.97. The van der Waals surface area contributed by atoms with Crippen molar-refractivity contribution in [3.63, 3.8) is 0 Å². The summed E-state index contributed by atoms with van der Waals surface area (Å²) in [6.07, 6.45) is 12.7. The zero-order chi connectivity index (χ0) is 14.9. The molecule has 1 amide bonds. The van der Waals surface area contributed by atoms with Gasteiger partial charge in [-0.3, -0.25) is 9.78 Å². The summed E-state index contributed by atoms with van der Waals surface area (Å²) in [6, 6.07) is 1.86. The second-order valence-corrected chi connectivity index (χ2v) is 5.50. The van der Waals surface area contributed by atoms with Gasteiger partial charge in [-0.15, -0.1) is 0 Å². The number of nitrogens with zero attached hydrogens (tertiary/aromatic N) is 1. The van der Waals surface area contributed by atoms with E-state index in [1.165, 1.54) is 31.3 Å². The van der Waals surface area contributed by atoms with E-state index in [2.05, 4.69) is 28.6 Å². The van der Waals surface area contributed by atoms with Gasteiger partial charge in [0.25, 0.3) is 5.91 Å². The van der Waals surface area contributed by atoms with Gasteiger partial charge in [0, 0.05) is 25.5 Å². The number of carbonyl (C=O) groups is 1. The van der Waals surface area contributed by atoms with E-state index >= 15 is 0 Å². The standard InChI is InChI=1S/C17H25N3O/c1-2-9-19-16-11-15(12-18-13-16)17(21)20-10-8-14-6-4-3-5-7-14/h6,11-13,19H,2-5,7-10H2,1H3,(H,20,21). The molecule has 0 radical (unpaired) electrons. The quantitative estimate of drug-likeness (QED) is 0.754. The van der Waals surface area contributed by atoms with E-state index in [1.54, 1.807) is 12.4 Å². The molecule has 1 aromatic rings. The van der Waals surface area contributed by atoms with Crippen LogP contribution in [0.4, 0.5) is 5.69 Å². The van der Waals surface area contributed by atoms with E-state index in [0.717, 1.165) is 25.1 Å². The van der Waals surface area contributed by atoms with Crippen LogP contribution in [0.2, 0.25) is 0 Å². The van der Waals surface area contributed by atoms with Crippen molar-refractivity contribution in [2.24, 2.45) is 0 Å². The summed E-state index contributed by atoms with van der Waals surface area (Å²) >= 11 is 0. The van der Waals surface area contributed by atoms with Gasteiger partial charge in [0.1, 0.15) is 0 Å². The normalized spacial score (nSPS) is 14.4. The first-order valence-electron chi connectivity index (χ1n) is 7.94. The van der Waals surface area contributed by atoms with Crippen LogP contribution in [0.3, 0.4) is 0 Å². The van der Waals surface area contributed by atoms with Crippen molar-refractivity contribution in [3.05, 3.63) is 35.7 Å². The molecule has 0 atom stereocenters. The monoisotopic (exact) mass is 287 g/mol. The SMILES string of the molecule is CCCNc1cncc(C(=O)NCCC2=CCCCC2)c1. The van der Waals surface area contributed by atoms with Crippen LogP contribution in [0, 0.1) is 0 Å². The molecule has 4 nitrogen and oxygen atoms in total. The fourth-order valence-electron chi connectivity index (χ4n) is 2.50. The summed E-state index contributed by atoms with van der Waals surface area (Å²) in [5.74, 6) is -0.0425. The first kappa shape index (κ1) is 15.5. The number of hydrogen-bond acceptors (Lipinski definition) is 3. The van der Waals surface area contributed by atoms with Crippen molar-refractivity contribution >= 4 is 11.6 Å². The van der Waals surface area contributed by atoms with E-state index in [0.29, 0.717) is 12.1 Å². The van der Waals surface area contributed by atoms with Crippen LogP contribution >= 0.6 is 0 Å². The Kier molecular flexibility index (Phi) is 6.25. The molecule has 21 heavy (non-hydrogen) atoms. The molecule has 0 unspecified atom stereocenters. The molecule has 114 valence electrons. The number of nitrogens with one attached hydrogen (secondary N) is 2. The van der Waals surface area contributed by atoms with Gasteiger partial charge in [0.2, 0.25) is 0 Å². The molecule has 1 aliphatic rings. The average Bonchev–Trinajstić information content (AvgIpc) is 2.54. The molecule has 0 bridgehead atoms. The van der Waals surface area contributed by atoms with Gasteiger partial charge in [0.05, 0.1) is 11.3 Å². The number of hydrogen-bond donors (Lipinski definition) is 2. The van der Waals surface area contributed by atoms with E-state index in [4.69, 9.17) is 0 Å². The fourth-order valence-corrected chi connectivity index (χ4v) is 2.50. The van der Waals surface area contributed by atoms with Gasteiger partial charge in [-0.05, 0) is 44.6 Å². The highest BCUT2D eigenvalue weighted by Crippen LogP contribution is 2.19. The maximum atomic E-state index is 12.1. The molecule has 0 aliphatic heterocycles. The number of pyridine rings is 1. The average molecular weight is 287 g/mol. The number of carbonyl (C=O) groups excluding carboxylic acids is 1. The van der Waals surface area contributed by atoms with Crippen LogP contribution in [-0.2, 0) is 0 Å². The van der Waals surface area contributed by atoms with Crippen molar-refractivity contribution in [3.8, 4) is 0 Å². The van der Waals surface area contributed by atoms with Gasteiger partial charge in [0.15, 0.2) is 0 Å². The second-order valence-electron chi connectivity index (χ2n) is 5.50. The molecular formula is C17H25N3O. The minimum absolute atomic E-state index is 0.0425.